The summed E-state index contributed by atoms with van der Waals surface area (Å²) in [6, 6.07) is 0. The molecule has 1 aliphatic rings. The van der Waals surface area contributed by atoms with Gasteiger partial charge in [-0.05, 0) is 91.4 Å². The Kier molecular flexibility index (Phi) is 29.2. The molecule has 0 nitrogen and oxygen atoms in total. The predicted molar refractivity (Wildman–Crippen MR) is 164 cm³/mol. The van der Waals surface area contributed by atoms with Gasteiger partial charge in [-0.1, -0.05) is 118 Å². The maximum Gasteiger partial charge on any atom is 0.00454 e. The molecule has 1 heterocycles. The Hall–Kier alpha value is 3.50. The van der Waals surface area contributed by atoms with Gasteiger partial charge in [0.25, 0.3) is 0 Å². The summed E-state index contributed by atoms with van der Waals surface area (Å²) in [6.07, 6.45) is 24.7. The maximum absolute atomic E-state index is 2.04. The minimum absolute atomic E-state index is 1.31. The van der Waals surface area contributed by atoms with Gasteiger partial charge in [0.05, 0.1) is 0 Å². The zero-order valence-corrected chi connectivity index (χ0v) is 25.7. The molecule has 1 saturated heterocycles. The lowest BCUT2D eigenvalue weighted by molar-refractivity contribution is 0.529. The summed E-state index contributed by atoms with van der Waals surface area (Å²) in [5.74, 6) is 2.63. The van der Waals surface area contributed by atoms with Crippen LogP contribution in [0.3, 0.4) is 0 Å². The molecule has 0 aromatic rings. The fourth-order valence-corrected chi connectivity index (χ4v) is 25.9. The molecule has 10 heteroatoms. The van der Waals surface area contributed by atoms with Crippen molar-refractivity contribution in [2.24, 2.45) is 0 Å². The molecule has 1 rings (SSSR count). The van der Waals surface area contributed by atoms with Gasteiger partial charge >= 0.3 is 0 Å². The van der Waals surface area contributed by atoms with E-state index in [0.717, 1.165) is 0 Å². The molecule has 0 N–H and O–H groups in total. The standard InChI is InChI=1S/C19H38S10/c1-2-4-6-8-10-12-14-16-18-20-22-24-26-28-29-27-25-23-21-19-17-15-13-11-9-7-5-3-1/h1-19H2. The molecule has 29 heavy (non-hydrogen) atoms. The van der Waals surface area contributed by atoms with E-state index in [0.29, 0.717) is 0 Å². The van der Waals surface area contributed by atoms with Crippen LogP contribution >= 0.6 is 100 Å². The third-order valence-electron chi connectivity index (χ3n) is 4.75. The Morgan fingerprint density at radius 3 is 0.690 bits per heavy atom. The van der Waals surface area contributed by atoms with Gasteiger partial charge in [-0.3, -0.25) is 0 Å². The van der Waals surface area contributed by atoms with Gasteiger partial charge in [0.15, 0.2) is 0 Å². The Morgan fingerprint density at radius 2 is 0.414 bits per heavy atom. The van der Waals surface area contributed by atoms with Gasteiger partial charge < -0.3 is 0 Å². The van der Waals surface area contributed by atoms with Crippen molar-refractivity contribution in [3.63, 3.8) is 0 Å². The van der Waals surface area contributed by atoms with Gasteiger partial charge in [-0.15, -0.1) is 0 Å². The van der Waals surface area contributed by atoms with Crippen molar-refractivity contribution in [3.8, 4) is 0 Å². The van der Waals surface area contributed by atoms with E-state index in [4.69, 9.17) is 0 Å². The lowest BCUT2D eigenvalue weighted by Crippen LogP contribution is -1.84. The van der Waals surface area contributed by atoms with Gasteiger partial charge in [0.2, 0.25) is 0 Å². The molecular formula is C19H38S10. The molecule has 0 radical (unpaired) electrons. The highest BCUT2D eigenvalue weighted by Crippen LogP contribution is 2.59. The van der Waals surface area contributed by atoms with Gasteiger partial charge in [-0.2, -0.15) is 0 Å². The summed E-state index contributed by atoms with van der Waals surface area (Å²) in [5, 5.41) is 0. The maximum atomic E-state index is 2.04. The topological polar surface area (TPSA) is 0 Å². The molecule has 0 aromatic heterocycles. The van der Waals surface area contributed by atoms with E-state index in [1.54, 1.807) is 0 Å². The summed E-state index contributed by atoms with van der Waals surface area (Å²) < 4.78 is 0. The second kappa shape index (κ2) is 27.7. The summed E-state index contributed by atoms with van der Waals surface area (Å²) in [6.45, 7) is 0. The minimum Gasteiger partial charge on any atom is -0.0817 e. The highest BCUT2D eigenvalue weighted by atomic mass is 34.0. The van der Waals surface area contributed by atoms with E-state index in [2.05, 4.69) is 0 Å². The number of hydrogen-bond donors (Lipinski definition) is 0. The van der Waals surface area contributed by atoms with Crippen molar-refractivity contribution >= 4 is 100 Å². The normalized spacial score (nSPS) is 24.0. The second-order valence-electron chi connectivity index (χ2n) is 7.20. The van der Waals surface area contributed by atoms with Crippen molar-refractivity contribution in [1.82, 2.24) is 0 Å². The number of hydrogen-bond acceptors (Lipinski definition) is 10. The molecule has 1 aliphatic heterocycles. The largest absolute Gasteiger partial charge is 0.0817 e. The van der Waals surface area contributed by atoms with E-state index in [9.17, 15) is 0 Å². The Morgan fingerprint density at radius 1 is 0.207 bits per heavy atom. The molecular weight excluding hydrogens is 549 g/mol. The molecule has 0 saturated carbocycles. The van der Waals surface area contributed by atoms with Crippen LogP contribution in [0.25, 0.3) is 0 Å². The highest BCUT2D eigenvalue weighted by Gasteiger charge is 1.99. The van der Waals surface area contributed by atoms with Crippen LogP contribution in [0.1, 0.15) is 109 Å². The Labute approximate surface area is 218 Å². The third-order valence-corrected chi connectivity index (χ3v) is 24.7. The summed E-state index contributed by atoms with van der Waals surface area (Å²) in [7, 11) is 19.5. The van der Waals surface area contributed by atoms with E-state index in [1.807, 2.05) is 100 Å². The van der Waals surface area contributed by atoms with E-state index >= 15 is 0 Å². The molecule has 0 aliphatic carbocycles. The van der Waals surface area contributed by atoms with Crippen LogP contribution < -0.4 is 0 Å². The van der Waals surface area contributed by atoms with Crippen LogP contribution in [-0.2, 0) is 0 Å². The summed E-state index contributed by atoms with van der Waals surface area (Å²) >= 11 is 0. The monoisotopic (exact) mass is 586 g/mol. The zero-order chi connectivity index (χ0) is 20.5. The average Bonchev–Trinajstić information content (AvgIpc) is 2.73. The van der Waals surface area contributed by atoms with Crippen LogP contribution in [0.15, 0.2) is 0 Å². The number of rotatable bonds is 0. The fourth-order valence-electron chi connectivity index (χ4n) is 3.15. The molecule has 1 fully saturated rings. The summed E-state index contributed by atoms with van der Waals surface area (Å²) in [5.41, 5.74) is 0. The first-order valence-electron chi connectivity index (χ1n) is 11.1. The lowest BCUT2D eigenvalue weighted by atomic mass is 10.0. The first kappa shape index (κ1) is 30.5. The lowest BCUT2D eigenvalue weighted by Gasteiger charge is -2.04. The van der Waals surface area contributed by atoms with Crippen molar-refractivity contribution < 1.29 is 0 Å². The SMILES string of the molecule is C1CCCCCCCCCSSSSSSSSSSCCCCCCCCC1. The summed E-state index contributed by atoms with van der Waals surface area (Å²) in [4.78, 5) is 0. The van der Waals surface area contributed by atoms with E-state index in [1.165, 1.54) is 121 Å². The van der Waals surface area contributed by atoms with Crippen molar-refractivity contribution in [2.75, 3.05) is 11.5 Å². The average molecular weight is 587 g/mol. The van der Waals surface area contributed by atoms with Crippen LogP contribution in [0.5, 0.6) is 0 Å². The van der Waals surface area contributed by atoms with Crippen LogP contribution in [0, 0.1) is 0 Å². The van der Waals surface area contributed by atoms with Crippen LogP contribution in [0.2, 0.25) is 0 Å². The van der Waals surface area contributed by atoms with Crippen LogP contribution in [0.4, 0.5) is 0 Å². The predicted octanol–water partition coefficient (Wildman–Crippen LogP) is 13.2. The first-order valence-corrected chi connectivity index (χ1v) is 24.2. The molecule has 0 amide bonds. The molecule has 0 unspecified atom stereocenters. The Bertz CT molecular complexity index is 168. The smallest absolute Gasteiger partial charge is 0.00454 e. The van der Waals surface area contributed by atoms with Crippen molar-refractivity contribution in [1.29, 1.82) is 0 Å². The highest BCUT2D eigenvalue weighted by molar-refractivity contribution is 9.52. The molecule has 0 aromatic carbocycles. The molecule has 174 valence electrons. The second-order valence-corrected chi connectivity index (χ2v) is 24.1. The zero-order valence-electron chi connectivity index (χ0n) is 17.5. The van der Waals surface area contributed by atoms with E-state index < -0.39 is 0 Å². The molecule has 0 spiro atoms. The fraction of sp³-hybridized carbons (Fsp3) is 1.00. The van der Waals surface area contributed by atoms with Crippen LogP contribution in [-0.4, -0.2) is 11.5 Å². The quantitative estimate of drug-likeness (QED) is 0.250. The Balaban J connectivity index is 2.00. The van der Waals surface area contributed by atoms with Crippen molar-refractivity contribution in [3.05, 3.63) is 0 Å². The first-order chi connectivity index (χ1) is 14.5. The third kappa shape index (κ3) is 26.0. The van der Waals surface area contributed by atoms with Gasteiger partial charge in [0.1, 0.15) is 0 Å². The van der Waals surface area contributed by atoms with Gasteiger partial charge in [0, 0.05) is 11.5 Å². The molecule has 0 atom stereocenters. The minimum atomic E-state index is 1.31. The van der Waals surface area contributed by atoms with E-state index in [-0.39, 0.29) is 0 Å². The van der Waals surface area contributed by atoms with Gasteiger partial charge in [-0.25, -0.2) is 0 Å². The van der Waals surface area contributed by atoms with Crippen molar-refractivity contribution in [2.45, 2.75) is 109 Å². The molecule has 0 bridgehead atoms.